The predicted octanol–water partition coefficient (Wildman–Crippen LogP) is 3.55. The number of hydrogen-bond donors (Lipinski definition) is 1. The van der Waals surface area contributed by atoms with E-state index in [1.54, 1.807) is 37.3 Å². The summed E-state index contributed by atoms with van der Waals surface area (Å²) in [5.41, 5.74) is 1.61. The summed E-state index contributed by atoms with van der Waals surface area (Å²) in [6.45, 7) is 7.75. The van der Waals surface area contributed by atoms with E-state index in [1.165, 1.54) is 12.1 Å². The third-order valence-electron chi connectivity index (χ3n) is 6.19. The molecule has 0 saturated carbocycles. The molecule has 200 valence electrons. The quantitative estimate of drug-likeness (QED) is 0.371. The molecule has 0 spiro atoms. The molecule has 0 aromatic heterocycles. The summed E-state index contributed by atoms with van der Waals surface area (Å²) in [6, 6.07) is 11.5. The van der Waals surface area contributed by atoms with Crippen LogP contribution in [0.15, 0.2) is 42.5 Å². The maximum Gasteiger partial charge on any atom is 0.315 e. The number of piperazine rings is 1. The van der Waals surface area contributed by atoms with E-state index >= 15 is 0 Å². The van der Waals surface area contributed by atoms with Crippen molar-refractivity contribution in [3.8, 4) is 5.75 Å². The molecule has 1 fully saturated rings. The average Bonchev–Trinajstić information content (AvgIpc) is 2.85. The van der Waals surface area contributed by atoms with Crippen molar-refractivity contribution in [2.24, 2.45) is 0 Å². The van der Waals surface area contributed by atoms with Crippen LogP contribution in [0.4, 0.5) is 4.39 Å². The molecule has 2 atom stereocenters. The van der Waals surface area contributed by atoms with Gasteiger partial charge in [-0.15, -0.1) is 0 Å². The standard InChI is InChI=1S/C27H33ClFN3O5/c1-4-36-27(35)12-25(33)30-13-21-11-22(28)7-10-24(21)37-17-26(34)32-15-18(2)31(14-19(32)3)16-20-5-8-23(29)9-6-20/h5-11,18-19H,4,12-17H2,1-3H3,(H,30,33)/t18-,19+/m0/s1. The Morgan fingerprint density at radius 3 is 2.51 bits per heavy atom. The largest absolute Gasteiger partial charge is 0.483 e. The molecule has 2 aromatic rings. The van der Waals surface area contributed by atoms with Gasteiger partial charge >= 0.3 is 5.97 Å². The topological polar surface area (TPSA) is 88.2 Å². The monoisotopic (exact) mass is 533 g/mol. The number of amides is 2. The van der Waals surface area contributed by atoms with Gasteiger partial charge in [0.1, 0.15) is 18.0 Å². The van der Waals surface area contributed by atoms with Crippen LogP contribution >= 0.6 is 11.6 Å². The second kappa shape index (κ2) is 13.4. The summed E-state index contributed by atoms with van der Waals surface area (Å²) in [5, 5.41) is 3.10. The molecule has 1 aliphatic rings. The summed E-state index contributed by atoms with van der Waals surface area (Å²) in [5.74, 6) is -1.07. The summed E-state index contributed by atoms with van der Waals surface area (Å²) in [6.07, 6.45) is -0.383. The average molecular weight is 534 g/mol. The number of hydrogen-bond acceptors (Lipinski definition) is 6. The fourth-order valence-corrected chi connectivity index (χ4v) is 4.43. The molecule has 10 heteroatoms. The van der Waals surface area contributed by atoms with Gasteiger partial charge in [-0.05, 0) is 56.7 Å². The van der Waals surface area contributed by atoms with Crippen molar-refractivity contribution in [1.82, 2.24) is 15.1 Å². The van der Waals surface area contributed by atoms with Crippen LogP contribution in [0.2, 0.25) is 5.02 Å². The maximum absolute atomic E-state index is 13.2. The lowest BCUT2D eigenvalue weighted by Gasteiger charge is -2.44. The molecule has 0 bridgehead atoms. The molecular formula is C27H33ClFN3O5. The van der Waals surface area contributed by atoms with Gasteiger partial charge in [-0.2, -0.15) is 0 Å². The van der Waals surface area contributed by atoms with Gasteiger partial charge in [0.2, 0.25) is 5.91 Å². The van der Waals surface area contributed by atoms with Crippen LogP contribution in [0, 0.1) is 5.82 Å². The van der Waals surface area contributed by atoms with E-state index in [1.807, 2.05) is 11.8 Å². The summed E-state index contributed by atoms with van der Waals surface area (Å²) < 4.78 is 23.8. The molecule has 2 aromatic carbocycles. The smallest absolute Gasteiger partial charge is 0.315 e. The molecule has 1 N–H and O–H groups in total. The van der Waals surface area contributed by atoms with Crippen molar-refractivity contribution in [3.63, 3.8) is 0 Å². The Morgan fingerprint density at radius 1 is 1.08 bits per heavy atom. The summed E-state index contributed by atoms with van der Waals surface area (Å²) >= 11 is 6.12. The van der Waals surface area contributed by atoms with Crippen LogP contribution in [0.1, 0.15) is 38.3 Å². The second-order valence-corrected chi connectivity index (χ2v) is 9.54. The highest BCUT2D eigenvalue weighted by molar-refractivity contribution is 6.30. The first-order valence-corrected chi connectivity index (χ1v) is 12.7. The Labute approximate surface area is 221 Å². The van der Waals surface area contributed by atoms with Gasteiger partial charge in [-0.25, -0.2) is 4.39 Å². The third-order valence-corrected chi connectivity index (χ3v) is 6.43. The van der Waals surface area contributed by atoms with E-state index in [2.05, 4.69) is 17.1 Å². The van der Waals surface area contributed by atoms with Crippen LogP contribution in [0.5, 0.6) is 5.75 Å². The highest BCUT2D eigenvalue weighted by Gasteiger charge is 2.32. The third kappa shape index (κ3) is 8.43. The minimum absolute atomic E-state index is 0.0281. The van der Waals surface area contributed by atoms with Gasteiger partial charge < -0.3 is 19.7 Å². The van der Waals surface area contributed by atoms with Gasteiger partial charge in [-0.1, -0.05) is 23.7 Å². The zero-order valence-electron chi connectivity index (χ0n) is 21.3. The van der Waals surface area contributed by atoms with Crippen molar-refractivity contribution in [3.05, 3.63) is 64.4 Å². The van der Waals surface area contributed by atoms with E-state index in [9.17, 15) is 18.8 Å². The molecule has 37 heavy (non-hydrogen) atoms. The number of halogens is 2. The molecule has 8 nitrogen and oxygen atoms in total. The number of esters is 1. The van der Waals surface area contributed by atoms with E-state index in [0.29, 0.717) is 36.0 Å². The van der Waals surface area contributed by atoms with Crippen molar-refractivity contribution >= 4 is 29.4 Å². The molecule has 1 aliphatic heterocycles. The Hall–Kier alpha value is -3.17. The zero-order valence-corrected chi connectivity index (χ0v) is 22.1. The Balaban J connectivity index is 1.55. The number of nitrogens with one attached hydrogen (secondary N) is 1. The minimum Gasteiger partial charge on any atom is -0.483 e. The lowest BCUT2D eigenvalue weighted by molar-refractivity contribution is -0.146. The first kappa shape index (κ1) is 28.4. The van der Waals surface area contributed by atoms with E-state index in [-0.39, 0.29) is 50.0 Å². The zero-order chi connectivity index (χ0) is 26.9. The van der Waals surface area contributed by atoms with Gasteiger partial charge in [0.25, 0.3) is 5.91 Å². The molecule has 1 heterocycles. The lowest BCUT2D eigenvalue weighted by Crippen LogP contribution is -2.58. The fraction of sp³-hybridized carbons (Fsp3) is 0.444. The SMILES string of the molecule is CCOC(=O)CC(=O)NCc1cc(Cl)ccc1OCC(=O)N1C[C@H](C)N(Cc2ccc(F)cc2)C[C@H]1C. The molecular weight excluding hydrogens is 501 g/mol. The van der Waals surface area contributed by atoms with E-state index in [4.69, 9.17) is 21.1 Å². The Morgan fingerprint density at radius 2 is 1.81 bits per heavy atom. The summed E-state index contributed by atoms with van der Waals surface area (Å²) in [4.78, 5) is 40.7. The number of benzene rings is 2. The first-order chi connectivity index (χ1) is 17.7. The van der Waals surface area contributed by atoms with Crippen LogP contribution in [0.25, 0.3) is 0 Å². The van der Waals surface area contributed by atoms with Crippen LogP contribution < -0.4 is 10.1 Å². The van der Waals surface area contributed by atoms with Crippen molar-refractivity contribution in [1.29, 1.82) is 0 Å². The molecule has 0 unspecified atom stereocenters. The second-order valence-electron chi connectivity index (χ2n) is 9.10. The Bertz CT molecular complexity index is 1100. The number of rotatable bonds is 10. The number of carbonyl (C=O) groups is 3. The predicted molar refractivity (Wildman–Crippen MR) is 137 cm³/mol. The van der Waals surface area contributed by atoms with E-state index < -0.39 is 11.9 Å². The molecule has 0 radical (unpaired) electrons. The number of carbonyl (C=O) groups excluding carboxylic acids is 3. The highest BCUT2D eigenvalue weighted by Crippen LogP contribution is 2.24. The van der Waals surface area contributed by atoms with Gasteiger partial charge in [0, 0.05) is 48.8 Å². The van der Waals surface area contributed by atoms with E-state index in [0.717, 1.165) is 5.56 Å². The van der Waals surface area contributed by atoms with Gasteiger partial charge in [0.15, 0.2) is 6.61 Å². The van der Waals surface area contributed by atoms with Gasteiger partial charge in [0.05, 0.1) is 6.61 Å². The van der Waals surface area contributed by atoms with Crippen LogP contribution in [-0.2, 0) is 32.2 Å². The molecule has 0 aliphatic carbocycles. The number of ether oxygens (including phenoxy) is 2. The Kier molecular flexibility index (Phi) is 10.3. The van der Waals surface area contributed by atoms with Gasteiger partial charge in [-0.3, -0.25) is 19.3 Å². The van der Waals surface area contributed by atoms with Crippen LogP contribution in [-0.4, -0.2) is 66.0 Å². The van der Waals surface area contributed by atoms with Crippen LogP contribution in [0.3, 0.4) is 0 Å². The normalized spacial score (nSPS) is 17.8. The lowest BCUT2D eigenvalue weighted by atomic mass is 10.1. The highest BCUT2D eigenvalue weighted by atomic mass is 35.5. The summed E-state index contributed by atoms with van der Waals surface area (Å²) in [7, 11) is 0. The minimum atomic E-state index is -0.603. The maximum atomic E-state index is 13.2. The molecule has 3 rings (SSSR count). The number of nitrogens with zero attached hydrogens (tertiary/aromatic N) is 2. The van der Waals surface area contributed by atoms with Crippen molar-refractivity contribution in [2.45, 2.75) is 52.4 Å². The van der Waals surface area contributed by atoms with Crippen molar-refractivity contribution in [2.75, 3.05) is 26.3 Å². The fourth-order valence-electron chi connectivity index (χ4n) is 4.24. The molecule has 1 saturated heterocycles. The van der Waals surface area contributed by atoms with Crippen molar-refractivity contribution < 1.29 is 28.2 Å². The molecule has 2 amide bonds. The first-order valence-electron chi connectivity index (χ1n) is 12.3.